The molecule has 0 spiro atoms. The standard InChI is InChI=1S/C13H16N4O3S/c1-13(2,3)20-12(19)15-7-10(18)17-11-16-8-6-14-5-4-9(8)21-11/h4-6H,7H2,1-3H3,(H,15,19)(H,16,17,18). The quantitative estimate of drug-likeness (QED) is 0.906. The van der Waals surface area contributed by atoms with E-state index in [9.17, 15) is 9.59 Å². The predicted octanol–water partition coefficient (Wildman–Crippen LogP) is 2.15. The maximum absolute atomic E-state index is 11.7. The van der Waals surface area contributed by atoms with Gasteiger partial charge < -0.3 is 15.4 Å². The molecule has 0 radical (unpaired) electrons. The van der Waals surface area contributed by atoms with E-state index in [1.54, 1.807) is 33.2 Å². The number of alkyl carbamates (subject to hydrolysis) is 1. The molecule has 2 aromatic heterocycles. The van der Waals surface area contributed by atoms with Crippen LogP contribution in [0.3, 0.4) is 0 Å². The van der Waals surface area contributed by atoms with Crippen LogP contribution in [0.4, 0.5) is 9.93 Å². The van der Waals surface area contributed by atoms with Crippen LogP contribution in [0.5, 0.6) is 0 Å². The molecule has 0 bridgehead atoms. The van der Waals surface area contributed by atoms with Gasteiger partial charge in [0.1, 0.15) is 17.7 Å². The lowest BCUT2D eigenvalue weighted by atomic mass is 10.2. The summed E-state index contributed by atoms with van der Waals surface area (Å²) in [6.07, 6.45) is 2.66. The van der Waals surface area contributed by atoms with Crippen molar-refractivity contribution in [2.75, 3.05) is 11.9 Å². The highest BCUT2D eigenvalue weighted by molar-refractivity contribution is 7.22. The van der Waals surface area contributed by atoms with Gasteiger partial charge in [0.15, 0.2) is 5.13 Å². The van der Waals surface area contributed by atoms with Crippen molar-refractivity contribution < 1.29 is 14.3 Å². The average Bonchev–Trinajstić information content (AvgIpc) is 2.76. The first-order chi connectivity index (χ1) is 9.83. The number of thiazole rings is 1. The lowest BCUT2D eigenvalue weighted by Crippen LogP contribution is -2.37. The summed E-state index contributed by atoms with van der Waals surface area (Å²) >= 11 is 1.34. The SMILES string of the molecule is CC(C)(C)OC(=O)NCC(=O)Nc1nc2cnccc2s1. The fraction of sp³-hybridized carbons (Fsp3) is 0.385. The molecule has 7 nitrogen and oxygen atoms in total. The second-order valence-electron chi connectivity index (χ2n) is 5.27. The van der Waals surface area contributed by atoms with Crippen molar-refractivity contribution in [3.8, 4) is 0 Å². The number of carbonyl (C=O) groups is 2. The third-order valence-electron chi connectivity index (χ3n) is 2.23. The summed E-state index contributed by atoms with van der Waals surface area (Å²) in [5, 5.41) is 5.47. The Hall–Kier alpha value is -2.22. The highest BCUT2D eigenvalue weighted by Crippen LogP contribution is 2.24. The molecule has 0 aliphatic heterocycles. The molecule has 0 aliphatic carbocycles. The van der Waals surface area contributed by atoms with Crippen LogP contribution in [0.15, 0.2) is 18.5 Å². The van der Waals surface area contributed by atoms with Crippen molar-refractivity contribution >= 4 is 38.7 Å². The molecule has 0 unspecified atom stereocenters. The largest absolute Gasteiger partial charge is 0.444 e. The van der Waals surface area contributed by atoms with E-state index in [1.165, 1.54) is 11.3 Å². The van der Waals surface area contributed by atoms with E-state index in [4.69, 9.17) is 4.74 Å². The molecule has 2 N–H and O–H groups in total. The summed E-state index contributed by atoms with van der Waals surface area (Å²) in [5.74, 6) is -0.368. The topological polar surface area (TPSA) is 93.2 Å². The van der Waals surface area contributed by atoms with E-state index in [0.717, 1.165) is 10.2 Å². The highest BCUT2D eigenvalue weighted by atomic mass is 32.1. The van der Waals surface area contributed by atoms with Crippen LogP contribution in [-0.4, -0.2) is 34.1 Å². The molecule has 0 saturated heterocycles. The van der Waals surface area contributed by atoms with E-state index >= 15 is 0 Å². The number of amides is 2. The summed E-state index contributed by atoms with van der Waals surface area (Å²) in [6, 6.07) is 1.82. The summed E-state index contributed by atoms with van der Waals surface area (Å²) in [6.45, 7) is 5.08. The number of ether oxygens (including phenoxy) is 1. The van der Waals surface area contributed by atoms with Crippen molar-refractivity contribution in [1.82, 2.24) is 15.3 Å². The van der Waals surface area contributed by atoms with Crippen LogP contribution in [0.1, 0.15) is 20.8 Å². The van der Waals surface area contributed by atoms with Gasteiger partial charge in [-0.2, -0.15) is 0 Å². The zero-order chi connectivity index (χ0) is 15.5. The van der Waals surface area contributed by atoms with Crippen molar-refractivity contribution in [3.05, 3.63) is 18.5 Å². The third-order valence-corrected chi connectivity index (χ3v) is 3.18. The number of carbonyl (C=O) groups excluding carboxylic acids is 2. The number of fused-ring (bicyclic) bond motifs is 1. The minimum atomic E-state index is -0.633. The number of rotatable bonds is 3. The van der Waals surface area contributed by atoms with Crippen LogP contribution >= 0.6 is 11.3 Å². The van der Waals surface area contributed by atoms with Crippen molar-refractivity contribution in [1.29, 1.82) is 0 Å². The number of aromatic nitrogens is 2. The molecule has 0 saturated carbocycles. The van der Waals surface area contributed by atoms with Crippen molar-refractivity contribution in [2.45, 2.75) is 26.4 Å². The van der Waals surface area contributed by atoms with Gasteiger partial charge in [0.25, 0.3) is 0 Å². The van der Waals surface area contributed by atoms with Gasteiger partial charge in [0.2, 0.25) is 5.91 Å². The second kappa shape index (κ2) is 6.04. The van der Waals surface area contributed by atoms with Gasteiger partial charge in [-0.25, -0.2) is 9.78 Å². The predicted molar refractivity (Wildman–Crippen MR) is 80.3 cm³/mol. The Balaban J connectivity index is 1.86. The summed E-state index contributed by atoms with van der Waals surface area (Å²) in [7, 11) is 0. The Morgan fingerprint density at radius 3 is 2.81 bits per heavy atom. The van der Waals surface area contributed by atoms with Gasteiger partial charge in [-0.1, -0.05) is 11.3 Å². The normalized spacial score (nSPS) is 11.2. The van der Waals surface area contributed by atoms with Crippen LogP contribution in [0.2, 0.25) is 0 Å². The van der Waals surface area contributed by atoms with E-state index in [2.05, 4.69) is 20.6 Å². The van der Waals surface area contributed by atoms with E-state index in [0.29, 0.717) is 5.13 Å². The number of nitrogens with one attached hydrogen (secondary N) is 2. The Kier molecular flexibility index (Phi) is 4.37. The van der Waals surface area contributed by atoms with Gasteiger partial charge in [0, 0.05) is 6.20 Å². The van der Waals surface area contributed by atoms with Crippen molar-refractivity contribution in [2.24, 2.45) is 0 Å². The molecule has 2 rings (SSSR count). The smallest absolute Gasteiger partial charge is 0.408 e. The second-order valence-corrected chi connectivity index (χ2v) is 6.30. The molecule has 8 heteroatoms. The van der Waals surface area contributed by atoms with Crippen LogP contribution < -0.4 is 10.6 Å². The molecule has 2 amide bonds. The molecule has 0 aliphatic rings. The number of anilines is 1. The Morgan fingerprint density at radius 2 is 2.14 bits per heavy atom. The highest BCUT2D eigenvalue weighted by Gasteiger charge is 2.16. The van der Waals surface area contributed by atoms with Crippen LogP contribution in [0.25, 0.3) is 10.2 Å². The molecule has 21 heavy (non-hydrogen) atoms. The monoisotopic (exact) mass is 308 g/mol. The van der Waals surface area contributed by atoms with E-state index in [1.807, 2.05) is 6.07 Å². The molecule has 2 heterocycles. The zero-order valence-corrected chi connectivity index (χ0v) is 12.8. The summed E-state index contributed by atoms with van der Waals surface area (Å²) < 4.78 is 5.97. The minimum absolute atomic E-state index is 0.177. The first-order valence-electron chi connectivity index (χ1n) is 6.31. The Labute approximate surface area is 125 Å². The maximum atomic E-state index is 11.7. The Bertz CT molecular complexity index is 630. The van der Waals surface area contributed by atoms with E-state index in [-0.39, 0.29) is 12.5 Å². The molecule has 112 valence electrons. The molecule has 2 aromatic rings. The Morgan fingerprint density at radius 1 is 1.38 bits per heavy atom. The van der Waals surface area contributed by atoms with Crippen molar-refractivity contribution in [3.63, 3.8) is 0 Å². The van der Waals surface area contributed by atoms with Gasteiger partial charge in [-0.15, -0.1) is 0 Å². The first kappa shape index (κ1) is 15.2. The third kappa shape index (κ3) is 4.67. The minimum Gasteiger partial charge on any atom is -0.444 e. The maximum Gasteiger partial charge on any atom is 0.408 e. The van der Waals surface area contributed by atoms with Crippen LogP contribution in [0, 0.1) is 0 Å². The average molecular weight is 308 g/mol. The molecule has 0 atom stereocenters. The number of hydrogen-bond acceptors (Lipinski definition) is 6. The summed E-state index contributed by atoms with van der Waals surface area (Å²) in [5.41, 5.74) is 0.124. The lowest BCUT2D eigenvalue weighted by molar-refractivity contribution is -0.115. The molecular weight excluding hydrogens is 292 g/mol. The van der Waals surface area contributed by atoms with Crippen LogP contribution in [-0.2, 0) is 9.53 Å². The fourth-order valence-corrected chi connectivity index (χ4v) is 2.31. The number of hydrogen-bond donors (Lipinski definition) is 2. The fourth-order valence-electron chi connectivity index (χ4n) is 1.46. The van der Waals surface area contributed by atoms with Gasteiger partial charge >= 0.3 is 6.09 Å². The molecule has 0 fully saturated rings. The first-order valence-corrected chi connectivity index (χ1v) is 7.12. The van der Waals surface area contributed by atoms with Gasteiger partial charge in [-0.05, 0) is 26.8 Å². The number of nitrogens with zero attached hydrogens (tertiary/aromatic N) is 2. The lowest BCUT2D eigenvalue weighted by Gasteiger charge is -2.19. The molecular formula is C13H16N4O3S. The molecule has 0 aromatic carbocycles. The zero-order valence-electron chi connectivity index (χ0n) is 12.0. The van der Waals surface area contributed by atoms with E-state index < -0.39 is 11.7 Å². The number of pyridine rings is 1. The van der Waals surface area contributed by atoms with Gasteiger partial charge in [-0.3, -0.25) is 9.78 Å². The van der Waals surface area contributed by atoms with Gasteiger partial charge in [0.05, 0.1) is 10.9 Å². The summed E-state index contributed by atoms with van der Waals surface area (Å²) in [4.78, 5) is 31.3.